The third-order valence-corrected chi connectivity index (χ3v) is 5.75. The lowest BCUT2D eigenvalue weighted by atomic mass is 10.1. The number of hydrogen-bond donors (Lipinski definition) is 3. The van der Waals surface area contributed by atoms with Crippen LogP contribution in [0.15, 0.2) is 42.5 Å². The highest BCUT2D eigenvalue weighted by Gasteiger charge is 2.27. The molecule has 35 heavy (non-hydrogen) atoms. The molecule has 3 N–H and O–H groups in total. The van der Waals surface area contributed by atoms with Gasteiger partial charge in [0.05, 0.1) is 12.1 Å². The van der Waals surface area contributed by atoms with Gasteiger partial charge in [0.1, 0.15) is 11.6 Å². The van der Waals surface area contributed by atoms with Crippen LogP contribution in [0.5, 0.6) is 5.75 Å². The van der Waals surface area contributed by atoms with E-state index >= 15 is 0 Å². The molecule has 11 heteroatoms. The van der Waals surface area contributed by atoms with Crippen molar-refractivity contribution in [1.29, 1.82) is 0 Å². The van der Waals surface area contributed by atoms with Gasteiger partial charge in [0.15, 0.2) is 6.61 Å². The van der Waals surface area contributed by atoms with Gasteiger partial charge in [0, 0.05) is 49.9 Å². The van der Waals surface area contributed by atoms with Gasteiger partial charge in [-0.15, -0.1) is 0 Å². The molecule has 0 saturated carbocycles. The summed E-state index contributed by atoms with van der Waals surface area (Å²) in [4.78, 5) is 39.4. The van der Waals surface area contributed by atoms with Crippen LogP contribution in [-0.4, -0.2) is 71.6 Å². The van der Waals surface area contributed by atoms with E-state index in [9.17, 15) is 18.8 Å². The largest absolute Gasteiger partial charge is 0.482 e. The fourth-order valence-electron chi connectivity index (χ4n) is 3.79. The number of halogens is 2. The van der Waals surface area contributed by atoms with E-state index in [4.69, 9.17) is 21.4 Å². The summed E-state index contributed by atoms with van der Waals surface area (Å²) in [6.07, 6.45) is -0.207. The molecule has 2 aromatic rings. The molecule has 0 spiro atoms. The number of carbonyl (C=O) groups excluding carboxylic acids is 2. The summed E-state index contributed by atoms with van der Waals surface area (Å²) in [6, 6.07) is 10.3. The fourth-order valence-corrected chi connectivity index (χ4v) is 3.95. The number of nitrogens with zero attached hydrogens (tertiary/aromatic N) is 2. The summed E-state index contributed by atoms with van der Waals surface area (Å²) >= 11 is 6.05. The zero-order chi connectivity index (χ0) is 25.4. The first-order valence-electron chi connectivity index (χ1n) is 11.2. The van der Waals surface area contributed by atoms with Gasteiger partial charge in [-0.2, -0.15) is 0 Å². The van der Waals surface area contributed by atoms with Crippen LogP contribution in [0, 0.1) is 5.82 Å². The maximum Gasteiger partial charge on any atom is 0.319 e. The highest BCUT2D eigenvalue weighted by atomic mass is 35.5. The third kappa shape index (κ3) is 8.11. The van der Waals surface area contributed by atoms with Crippen molar-refractivity contribution in [2.75, 3.05) is 38.1 Å². The minimum atomic E-state index is -1.02. The van der Waals surface area contributed by atoms with Gasteiger partial charge in [-0.1, -0.05) is 23.7 Å². The second-order valence-electron chi connectivity index (χ2n) is 8.25. The molecule has 188 valence electrons. The number of aliphatic carboxylic acids is 1. The van der Waals surface area contributed by atoms with Crippen LogP contribution < -0.4 is 15.4 Å². The van der Waals surface area contributed by atoms with Crippen molar-refractivity contribution in [3.63, 3.8) is 0 Å². The third-order valence-electron chi connectivity index (χ3n) is 5.52. The highest BCUT2D eigenvalue weighted by molar-refractivity contribution is 6.30. The van der Waals surface area contributed by atoms with E-state index in [0.29, 0.717) is 36.9 Å². The van der Waals surface area contributed by atoms with E-state index in [1.165, 1.54) is 24.3 Å². The van der Waals surface area contributed by atoms with Crippen molar-refractivity contribution in [2.45, 2.75) is 25.9 Å². The zero-order valence-electron chi connectivity index (χ0n) is 19.3. The van der Waals surface area contributed by atoms with Crippen molar-refractivity contribution in [2.24, 2.45) is 0 Å². The van der Waals surface area contributed by atoms with E-state index in [-0.39, 0.29) is 43.1 Å². The van der Waals surface area contributed by atoms with Crippen molar-refractivity contribution < 1.29 is 28.6 Å². The van der Waals surface area contributed by atoms with Crippen LogP contribution in [0.1, 0.15) is 18.9 Å². The number of urea groups is 1. The Morgan fingerprint density at radius 3 is 2.60 bits per heavy atom. The predicted molar refractivity (Wildman–Crippen MR) is 129 cm³/mol. The van der Waals surface area contributed by atoms with Crippen LogP contribution in [0.2, 0.25) is 5.02 Å². The van der Waals surface area contributed by atoms with E-state index in [1.54, 1.807) is 23.1 Å². The van der Waals surface area contributed by atoms with Gasteiger partial charge >= 0.3 is 12.0 Å². The van der Waals surface area contributed by atoms with Crippen LogP contribution in [0.3, 0.4) is 0 Å². The molecule has 1 saturated heterocycles. The predicted octanol–water partition coefficient (Wildman–Crippen LogP) is 3.19. The molecule has 9 nitrogen and oxygen atoms in total. The molecule has 0 aromatic heterocycles. The number of ether oxygens (including phenoxy) is 1. The van der Waals surface area contributed by atoms with E-state index < -0.39 is 12.0 Å². The molecular formula is C24H28ClFN4O5. The molecule has 1 unspecified atom stereocenters. The molecule has 1 heterocycles. The number of carbonyl (C=O) groups is 3. The number of anilines is 1. The maximum absolute atomic E-state index is 13.1. The number of amides is 3. The van der Waals surface area contributed by atoms with Gasteiger partial charge in [-0.3, -0.25) is 14.5 Å². The average molecular weight is 507 g/mol. The standard InChI is InChI=1S/C24H28ClFN4O5/c1-16-13-29(14-17-2-5-19(26)6-3-17)10-11-30(16)22(31)15-35-21-12-18(25)4-7-20(21)28-24(34)27-9-8-23(32)33/h2-7,12,16H,8-11,13-15H2,1H3,(H,32,33)(H2,27,28,34). The fraction of sp³-hybridized carbons (Fsp3) is 0.375. The average Bonchev–Trinajstić information content (AvgIpc) is 2.80. The summed E-state index contributed by atoms with van der Waals surface area (Å²) in [5.74, 6) is -1.27. The van der Waals surface area contributed by atoms with E-state index in [0.717, 1.165) is 5.56 Å². The normalized spacial score (nSPS) is 16.0. The Kier molecular flexibility index (Phi) is 9.27. The minimum Gasteiger partial charge on any atom is -0.482 e. The van der Waals surface area contributed by atoms with Crippen molar-refractivity contribution >= 4 is 35.2 Å². The molecule has 3 rings (SSSR count). The number of nitrogens with one attached hydrogen (secondary N) is 2. The molecule has 0 aliphatic carbocycles. The number of piperazine rings is 1. The summed E-state index contributed by atoms with van der Waals surface area (Å²) in [6.45, 7) is 4.24. The Morgan fingerprint density at radius 1 is 1.17 bits per heavy atom. The summed E-state index contributed by atoms with van der Waals surface area (Å²) in [5, 5.41) is 14.0. The second-order valence-corrected chi connectivity index (χ2v) is 8.69. The SMILES string of the molecule is CC1CN(Cc2ccc(F)cc2)CCN1C(=O)COc1cc(Cl)ccc1NC(=O)NCCC(=O)O. The van der Waals surface area contributed by atoms with Gasteiger partial charge in [-0.25, -0.2) is 9.18 Å². The lowest BCUT2D eigenvalue weighted by Crippen LogP contribution is -2.54. The lowest BCUT2D eigenvalue weighted by Gasteiger charge is -2.39. The molecule has 1 fully saturated rings. The minimum absolute atomic E-state index is 0.0333. The molecule has 3 amide bonds. The second kappa shape index (κ2) is 12.4. The molecule has 0 bridgehead atoms. The van der Waals surface area contributed by atoms with Gasteiger partial charge in [0.25, 0.3) is 5.91 Å². The zero-order valence-corrected chi connectivity index (χ0v) is 20.1. The Labute approximate surface area is 207 Å². The molecule has 2 aromatic carbocycles. The van der Waals surface area contributed by atoms with Crippen LogP contribution in [0.25, 0.3) is 0 Å². The van der Waals surface area contributed by atoms with Gasteiger partial charge in [0.2, 0.25) is 0 Å². The maximum atomic E-state index is 13.1. The van der Waals surface area contributed by atoms with Gasteiger partial charge in [-0.05, 0) is 36.8 Å². The molecular weight excluding hydrogens is 479 g/mol. The highest BCUT2D eigenvalue weighted by Crippen LogP contribution is 2.28. The first-order valence-corrected chi connectivity index (χ1v) is 11.5. The van der Waals surface area contributed by atoms with Gasteiger partial charge < -0.3 is 25.4 Å². The van der Waals surface area contributed by atoms with Crippen LogP contribution in [0.4, 0.5) is 14.9 Å². The van der Waals surface area contributed by atoms with Crippen LogP contribution >= 0.6 is 11.6 Å². The molecule has 1 aliphatic heterocycles. The Hall–Kier alpha value is -3.37. The first kappa shape index (κ1) is 26.2. The smallest absolute Gasteiger partial charge is 0.319 e. The Morgan fingerprint density at radius 2 is 1.91 bits per heavy atom. The van der Waals surface area contributed by atoms with Crippen molar-refractivity contribution in [3.8, 4) is 5.75 Å². The lowest BCUT2D eigenvalue weighted by molar-refractivity contribution is -0.138. The molecule has 1 aliphatic rings. The van der Waals surface area contributed by atoms with Crippen molar-refractivity contribution in [3.05, 3.63) is 58.9 Å². The summed E-state index contributed by atoms with van der Waals surface area (Å²) in [7, 11) is 0. The molecule has 0 radical (unpaired) electrons. The van der Waals surface area contributed by atoms with E-state index in [1.807, 2.05) is 6.92 Å². The number of rotatable bonds is 9. The quantitative estimate of drug-likeness (QED) is 0.481. The number of carboxylic acid groups (broad SMARTS) is 1. The first-order chi connectivity index (χ1) is 16.7. The monoisotopic (exact) mass is 506 g/mol. The Balaban J connectivity index is 1.52. The molecule has 1 atom stereocenters. The number of carboxylic acids is 1. The van der Waals surface area contributed by atoms with E-state index in [2.05, 4.69) is 15.5 Å². The Bertz CT molecular complexity index is 1050. The topological polar surface area (TPSA) is 111 Å². The number of hydrogen-bond acceptors (Lipinski definition) is 5. The summed E-state index contributed by atoms with van der Waals surface area (Å²) in [5.41, 5.74) is 1.31. The van der Waals surface area contributed by atoms with Crippen molar-refractivity contribution in [1.82, 2.24) is 15.1 Å². The summed E-state index contributed by atoms with van der Waals surface area (Å²) < 4.78 is 18.8. The van der Waals surface area contributed by atoms with Crippen LogP contribution in [-0.2, 0) is 16.1 Å². The number of benzene rings is 2.